The van der Waals surface area contributed by atoms with E-state index < -0.39 is 6.04 Å². The van der Waals surface area contributed by atoms with Crippen LogP contribution in [0.4, 0.5) is 0 Å². The van der Waals surface area contributed by atoms with E-state index in [1.807, 2.05) is 19.1 Å². The molecule has 1 aromatic carbocycles. The van der Waals surface area contributed by atoms with Crippen LogP contribution in [0.1, 0.15) is 29.8 Å². The van der Waals surface area contributed by atoms with E-state index in [-0.39, 0.29) is 5.78 Å². The normalized spacial score (nSPS) is 12.3. The number of ether oxygens (including phenoxy) is 1. The van der Waals surface area contributed by atoms with E-state index in [1.54, 1.807) is 20.1 Å². The van der Waals surface area contributed by atoms with Gasteiger partial charge in [-0.1, -0.05) is 6.92 Å². The second kappa shape index (κ2) is 4.94. The lowest BCUT2D eigenvalue weighted by molar-refractivity contribution is 0.0968. The topological polar surface area (TPSA) is 52.3 Å². The summed E-state index contributed by atoms with van der Waals surface area (Å²) in [5.74, 6) is 0.783. The van der Waals surface area contributed by atoms with Crippen molar-refractivity contribution in [3.63, 3.8) is 0 Å². The second-order valence-corrected chi connectivity index (χ2v) is 3.53. The van der Waals surface area contributed by atoms with Gasteiger partial charge in [0.05, 0.1) is 13.2 Å². The van der Waals surface area contributed by atoms with Gasteiger partial charge in [0.1, 0.15) is 5.75 Å². The summed E-state index contributed by atoms with van der Waals surface area (Å²) in [5.41, 5.74) is 7.24. The van der Waals surface area contributed by atoms with Crippen LogP contribution in [-0.4, -0.2) is 18.9 Å². The van der Waals surface area contributed by atoms with Crippen LogP contribution in [0.2, 0.25) is 0 Å². The minimum Gasteiger partial charge on any atom is -0.496 e. The second-order valence-electron chi connectivity index (χ2n) is 3.53. The molecule has 0 bridgehead atoms. The van der Waals surface area contributed by atoms with Gasteiger partial charge in [-0.3, -0.25) is 4.79 Å². The summed E-state index contributed by atoms with van der Waals surface area (Å²) in [5, 5.41) is 0. The molecule has 0 saturated carbocycles. The maximum absolute atomic E-state index is 11.6. The molecule has 0 aliphatic carbocycles. The first kappa shape index (κ1) is 11.7. The van der Waals surface area contributed by atoms with Crippen molar-refractivity contribution >= 4 is 5.78 Å². The minimum atomic E-state index is -0.455. The lowest BCUT2D eigenvalue weighted by Crippen LogP contribution is -2.26. The van der Waals surface area contributed by atoms with E-state index in [0.29, 0.717) is 5.56 Å². The molecule has 1 aromatic rings. The van der Waals surface area contributed by atoms with Gasteiger partial charge in [-0.05, 0) is 37.1 Å². The summed E-state index contributed by atoms with van der Waals surface area (Å²) >= 11 is 0. The fourth-order valence-corrected chi connectivity index (χ4v) is 1.47. The van der Waals surface area contributed by atoms with Gasteiger partial charge in [0.15, 0.2) is 5.78 Å². The molecule has 0 aliphatic heterocycles. The van der Waals surface area contributed by atoms with Crippen molar-refractivity contribution in [1.29, 1.82) is 0 Å². The van der Waals surface area contributed by atoms with Crippen LogP contribution < -0.4 is 10.5 Å². The molecule has 82 valence electrons. The molecule has 0 fully saturated rings. The lowest BCUT2D eigenvalue weighted by Gasteiger charge is -2.10. The summed E-state index contributed by atoms with van der Waals surface area (Å²) in [6, 6.07) is 4.96. The Morgan fingerprint density at radius 3 is 2.67 bits per heavy atom. The molecule has 0 amide bonds. The molecular weight excluding hydrogens is 190 g/mol. The van der Waals surface area contributed by atoms with E-state index >= 15 is 0 Å². The Hall–Kier alpha value is -1.35. The fraction of sp³-hybridized carbons (Fsp3) is 0.417. The number of Topliss-reactive ketones (excluding diaryl/α,β-unsaturated/α-hetero) is 1. The Balaban J connectivity index is 3.08. The van der Waals surface area contributed by atoms with Crippen LogP contribution in [0, 0.1) is 0 Å². The molecule has 0 saturated heterocycles. The smallest absolute Gasteiger partial charge is 0.179 e. The fourth-order valence-electron chi connectivity index (χ4n) is 1.47. The molecule has 1 atom stereocenters. The molecule has 15 heavy (non-hydrogen) atoms. The zero-order valence-electron chi connectivity index (χ0n) is 9.41. The first-order valence-corrected chi connectivity index (χ1v) is 5.06. The van der Waals surface area contributed by atoms with Crippen LogP contribution >= 0.6 is 0 Å². The summed E-state index contributed by atoms with van der Waals surface area (Å²) in [6.45, 7) is 3.72. The number of hydrogen-bond donors (Lipinski definition) is 1. The van der Waals surface area contributed by atoms with Crippen molar-refractivity contribution in [1.82, 2.24) is 0 Å². The predicted octanol–water partition coefficient (Wildman–Crippen LogP) is 1.79. The minimum absolute atomic E-state index is 0.0349. The maximum atomic E-state index is 11.6. The highest BCUT2D eigenvalue weighted by Crippen LogP contribution is 2.20. The zero-order valence-corrected chi connectivity index (χ0v) is 9.41. The number of methoxy groups -OCH3 is 1. The van der Waals surface area contributed by atoms with E-state index in [4.69, 9.17) is 10.5 Å². The molecule has 0 heterocycles. The van der Waals surface area contributed by atoms with Crippen LogP contribution in [-0.2, 0) is 6.42 Å². The predicted molar refractivity (Wildman–Crippen MR) is 60.4 cm³/mol. The largest absolute Gasteiger partial charge is 0.496 e. The van der Waals surface area contributed by atoms with E-state index in [1.165, 1.54) is 0 Å². The van der Waals surface area contributed by atoms with Crippen molar-refractivity contribution in [3.8, 4) is 5.75 Å². The molecule has 0 radical (unpaired) electrons. The standard InChI is InChI=1S/C12H17NO2/c1-4-9-7-10(12(14)8(2)13)5-6-11(9)15-3/h5-8H,4,13H2,1-3H3. The monoisotopic (exact) mass is 207 g/mol. The van der Waals surface area contributed by atoms with Gasteiger partial charge in [-0.2, -0.15) is 0 Å². The highest BCUT2D eigenvalue weighted by molar-refractivity contribution is 6.00. The van der Waals surface area contributed by atoms with Gasteiger partial charge in [0.25, 0.3) is 0 Å². The molecular formula is C12H17NO2. The number of nitrogens with two attached hydrogens (primary N) is 1. The van der Waals surface area contributed by atoms with Gasteiger partial charge in [-0.25, -0.2) is 0 Å². The van der Waals surface area contributed by atoms with Crippen LogP contribution in [0.25, 0.3) is 0 Å². The number of carbonyl (C=O) groups excluding carboxylic acids is 1. The van der Waals surface area contributed by atoms with Gasteiger partial charge < -0.3 is 10.5 Å². The molecule has 0 spiro atoms. The van der Waals surface area contributed by atoms with Crippen molar-refractivity contribution in [2.24, 2.45) is 5.73 Å². The highest BCUT2D eigenvalue weighted by Gasteiger charge is 2.12. The number of aryl methyl sites for hydroxylation is 1. The van der Waals surface area contributed by atoms with Crippen LogP contribution in [0.5, 0.6) is 5.75 Å². The van der Waals surface area contributed by atoms with Crippen molar-refractivity contribution in [2.75, 3.05) is 7.11 Å². The average Bonchev–Trinajstić information content (AvgIpc) is 2.26. The summed E-state index contributed by atoms with van der Waals surface area (Å²) in [4.78, 5) is 11.6. The highest BCUT2D eigenvalue weighted by atomic mass is 16.5. The summed E-state index contributed by atoms with van der Waals surface area (Å²) < 4.78 is 5.19. The Bertz CT molecular complexity index is 359. The Kier molecular flexibility index (Phi) is 3.86. The molecule has 3 heteroatoms. The van der Waals surface area contributed by atoms with Crippen molar-refractivity contribution in [3.05, 3.63) is 29.3 Å². The van der Waals surface area contributed by atoms with Gasteiger partial charge >= 0.3 is 0 Å². The third-order valence-electron chi connectivity index (χ3n) is 2.36. The van der Waals surface area contributed by atoms with Gasteiger partial charge in [0, 0.05) is 5.56 Å². The Morgan fingerprint density at radius 1 is 1.53 bits per heavy atom. The number of ketones is 1. The Labute approximate surface area is 90.2 Å². The first-order valence-electron chi connectivity index (χ1n) is 5.06. The van der Waals surface area contributed by atoms with Crippen LogP contribution in [0.3, 0.4) is 0 Å². The zero-order chi connectivity index (χ0) is 11.4. The number of hydrogen-bond acceptors (Lipinski definition) is 3. The van der Waals surface area contributed by atoms with Crippen molar-refractivity contribution < 1.29 is 9.53 Å². The third-order valence-corrected chi connectivity index (χ3v) is 2.36. The first-order chi connectivity index (χ1) is 7.10. The molecule has 0 aliphatic rings. The Morgan fingerprint density at radius 2 is 2.20 bits per heavy atom. The number of rotatable bonds is 4. The lowest BCUT2D eigenvalue weighted by atomic mass is 10.0. The third kappa shape index (κ3) is 2.57. The molecule has 2 N–H and O–H groups in total. The summed E-state index contributed by atoms with van der Waals surface area (Å²) in [6.07, 6.45) is 0.837. The summed E-state index contributed by atoms with van der Waals surface area (Å²) in [7, 11) is 1.63. The van der Waals surface area contributed by atoms with E-state index in [0.717, 1.165) is 17.7 Å². The molecule has 1 unspecified atom stereocenters. The number of carbonyl (C=O) groups is 1. The molecule has 3 nitrogen and oxygen atoms in total. The SMILES string of the molecule is CCc1cc(C(=O)C(C)N)ccc1OC. The molecule has 1 rings (SSSR count). The molecule has 0 aromatic heterocycles. The van der Waals surface area contributed by atoms with E-state index in [9.17, 15) is 4.79 Å². The van der Waals surface area contributed by atoms with Crippen LogP contribution in [0.15, 0.2) is 18.2 Å². The van der Waals surface area contributed by atoms with Gasteiger partial charge in [0.2, 0.25) is 0 Å². The quantitative estimate of drug-likeness (QED) is 0.766. The average molecular weight is 207 g/mol. The maximum Gasteiger partial charge on any atom is 0.179 e. The number of benzene rings is 1. The van der Waals surface area contributed by atoms with Gasteiger partial charge in [-0.15, -0.1) is 0 Å². The van der Waals surface area contributed by atoms with E-state index in [2.05, 4.69) is 0 Å². The van der Waals surface area contributed by atoms with Crippen molar-refractivity contribution in [2.45, 2.75) is 26.3 Å².